The van der Waals surface area contributed by atoms with Gasteiger partial charge in [-0.15, -0.1) is 0 Å². The van der Waals surface area contributed by atoms with Crippen molar-refractivity contribution < 1.29 is 9.53 Å². The molecule has 2 aromatic rings. The topological polar surface area (TPSA) is 50.4 Å². The lowest BCUT2D eigenvalue weighted by atomic mass is 10.2. The van der Waals surface area contributed by atoms with Gasteiger partial charge in [0.05, 0.1) is 17.9 Å². The zero-order chi connectivity index (χ0) is 19.6. The first-order chi connectivity index (χ1) is 13.0. The predicted molar refractivity (Wildman–Crippen MR) is 119 cm³/mol. The Morgan fingerprint density at radius 1 is 1.15 bits per heavy atom. The van der Waals surface area contributed by atoms with E-state index in [0.29, 0.717) is 17.9 Å². The summed E-state index contributed by atoms with van der Waals surface area (Å²) in [5, 5.41) is 5.99. The molecule has 2 N–H and O–H groups in total. The summed E-state index contributed by atoms with van der Waals surface area (Å²) in [6, 6.07) is 13.1. The summed E-state index contributed by atoms with van der Waals surface area (Å²) < 4.78 is 6.69. The largest absolute Gasteiger partial charge is 0.493 e. The molecule has 0 aliphatic rings. The molecule has 0 saturated heterocycles. The number of amides is 1. The van der Waals surface area contributed by atoms with Gasteiger partial charge in [0, 0.05) is 4.47 Å². The highest BCUT2D eigenvalue weighted by Crippen LogP contribution is 2.23. The fraction of sp³-hybridized carbons (Fsp3) is 0.333. The highest BCUT2D eigenvalue weighted by molar-refractivity contribution is 9.10. The molecule has 0 aromatic heterocycles. The van der Waals surface area contributed by atoms with Crippen molar-refractivity contribution in [3.05, 3.63) is 58.1 Å². The minimum absolute atomic E-state index is 0.238. The Labute approximate surface area is 174 Å². The molecule has 2 aromatic carbocycles. The van der Waals surface area contributed by atoms with Gasteiger partial charge in [-0.05, 0) is 71.3 Å². The van der Waals surface area contributed by atoms with Crippen LogP contribution >= 0.6 is 28.1 Å². The molecule has 0 atom stereocenters. The van der Waals surface area contributed by atoms with Crippen LogP contribution < -0.4 is 15.4 Å². The second-order valence-electron chi connectivity index (χ2n) is 6.30. The summed E-state index contributed by atoms with van der Waals surface area (Å²) in [4.78, 5) is 12.6. The molecule has 0 saturated carbocycles. The minimum atomic E-state index is -0.292. The van der Waals surface area contributed by atoms with E-state index in [9.17, 15) is 4.79 Å². The molecule has 6 heteroatoms. The standard InChI is InChI=1S/C21H25BrN2O2S/c1-3-4-5-8-13-26-19-10-7-6-9-16(19)20(25)24-21(27)23-18-12-11-15(2)14-17(18)22/h6-7,9-12,14H,3-5,8,13H2,1-2H3,(H2,23,24,25,27). The summed E-state index contributed by atoms with van der Waals surface area (Å²) >= 11 is 8.77. The number of ether oxygens (including phenoxy) is 1. The third-order valence-electron chi connectivity index (χ3n) is 3.99. The van der Waals surface area contributed by atoms with Crippen LogP contribution in [0.25, 0.3) is 0 Å². The summed E-state index contributed by atoms with van der Waals surface area (Å²) in [7, 11) is 0. The molecule has 0 aliphatic heterocycles. The van der Waals surface area contributed by atoms with Gasteiger partial charge in [-0.1, -0.05) is 44.4 Å². The lowest BCUT2D eigenvalue weighted by molar-refractivity contribution is 0.0973. The number of benzene rings is 2. The van der Waals surface area contributed by atoms with Crippen molar-refractivity contribution in [2.24, 2.45) is 0 Å². The lowest BCUT2D eigenvalue weighted by Gasteiger charge is -2.14. The van der Waals surface area contributed by atoms with E-state index < -0.39 is 0 Å². The van der Waals surface area contributed by atoms with Crippen molar-refractivity contribution in [3.63, 3.8) is 0 Å². The molecule has 0 fully saturated rings. The maximum atomic E-state index is 12.6. The molecule has 27 heavy (non-hydrogen) atoms. The van der Waals surface area contributed by atoms with Crippen LogP contribution in [0.3, 0.4) is 0 Å². The third-order valence-corrected chi connectivity index (χ3v) is 4.85. The molecule has 0 heterocycles. The Morgan fingerprint density at radius 3 is 2.67 bits per heavy atom. The van der Waals surface area contributed by atoms with E-state index in [1.54, 1.807) is 6.07 Å². The third kappa shape index (κ3) is 6.96. The Hall–Kier alpha value is -1.92. The fourth-order valence-corrected chi connectivity index (χ4v) is 3.33. The number of thiocarbonyl (C=S) groups is 1. The Bertz CT molecular complexity index is 796. The average Bonchev–Trinajstić information content (AvgIpc) is 2.64. The number of nitrogens with one attached hydrogen (secondary N) is 2. The van der Waals surface area contributed by atoms with Gasteiger partial charge in [0.15, 0.2) is 5.11 Å². The van der Waals surface area contributed by atoms with E-state index in [4.69, 9.17) is 17.0 Å². The van der Waals surface area contributed by atoms with Gasteiger partial charge in [0.2, 0.25) is 0 Å². The van der Waals surface area contributed by atoms with Crippen LogP contribution in [-0.4, -0.2) is 17.6 Å². The molecular formula is C21H25BrN2O2S. The molecule has 2 rings (SSSR count). The predicted octanol–water partition coefficient (Wildman–Crippen LogP) is 5.84. The van der Waals surface area contributed by atoms with Crippen LogP contribution in [0.1, 0.15) is 48.5 Å². The van der Waals surface area contributed by atoms with E-state index in [0.717, 1.165) is 28.6 Å². The number of halogens is 1. The molecule has 144 valence electrons. The highest BCUT2D eigenvalue weighted by Gasteiger charge is 2.14. The van der Waals surface area contributed by atoms with Crippen LogP contribution in [-0.2, 0) is 0 Å². The number of anilines is 1. The van der Waals surface area contributed by atoms with Crippen molar-refractivity contribution >= 4 is 44.9 Å². The molecular weight excluding hydrogens is 424 g/mol. The quantitative estimate of drug-likeness (QED) is 0.393. The zero-order valence-electron chi connectivity index (χ0n) is 15.7. The number of para-hydroxylation sites is 1. The van der Waals surface area contributed by atoms with Crippen molar-refractivity contribution in [3.8, 4) is 5.75 Å². The van der Waals surface area contributed by atoms with Gasteiger partial charge in [0.25, 0.3) is 5.91 Å². The number of hydrogen-bond donors (Lipinski definition) is 2. The molecule has 1 amide bonds. The highest BCUT2D eigenvalue weighted by atomic mass is 79.9. The van der Waals surface area contributed by atoms with Gasteiger partial charge in [-0.25, -0.2) is 0 Å². The van der Waals surface area contributed by atoms with Crippen LogP contribution in [0.2, 0.25) is 0 Å². The Kier molecular flexibility index (Phi) is 8.75. The Morgan fingerprint density at radius 2 is 1.93 bits per heavy atom. The SMILES string of the molecule is CCCCCCOc1ccccc1C(=O)NC(=S)Nc1ccc(C)cc1Br. The van der Waals surface area contributed by atoms with Crippen LogP contribution in [0.5, 0.6) is 5.75 Å². The normalized spacial score (nSPS) is 10.3. The van der Waals surface area contributed by atoms with Gasteiger partial charge in [0.1, 0.15) is 5.75 Å². The summed E-state index contributed by atoms with van der Waals surface area (Å²) in [5.74, 6) is 0.283. The van der Waals surface area contributed by atoms with Crippen molar-refractivity contribution in [2.45, 2.75) is 39.5 Å². The van der Waals surface area contributed by atoms with E-state index in [2.05, 4.69) is 33.5 Å². The fourth-order valence-electron chi connectivity index (χ4n) is 2.54. The molecule has 0 spiro atoms. The molecule has 4 nitrogen and oxygen atoms in total. The van der Waals surface area contributed by atoms with Crippen molar-refractivity contribution in [1.82, 2.24) is 5.32 Å². The van der Waals surface area contributed by atoms with Crippen LogP contribution in [0, 0.1) is 6.92 Å². The second kappa shape index (κ2) is 11.0. The zero-order valence-corrected chi connectivity index (χ0v) is 18.1. The molecule has 0 bridgehead atoms. The molecule has 0 radical (unpaired) electrons. The van der Waals surface area contributed by atoms with Gasteiger partial charge < -0.3 is 10.1 Å². The molecule has 0 aliphatic carbocycles. The number of hydrogen-bond acceptors (Lipinski definition) is 3. The van der Waals surface area contributed by atoms with Crippen molar-refractivity contribution in [1.29, 1.82) is 0 Å². The van der Waals surface area contributed by atoms with Crippen LogP contribution in [0.15, 0.2) is 46.9 Å². The lowest BCUT2D eigenvalue weighted by Crippen LogP contribution is -2.34. The average molecular weight is 449 g/mol. The Balaban J connectivity index is 1.95. The number of carbonyl (C=O) groups excluding carboxylic acids is 1. The summed E-state index contributed by atoms with van der Waals surface area (Å²) in [6.45, 7) is 4.78. The number of unbranched alkanes of at least 4 members (excludes halogenated alkanes) is 3. The van der Waals surface area contributed by atoms with E-state index in [1.165, 1.54) is 12.8 Å². The smallest absolute Gasteiger partial charge is 0.261 e. The van der Waals surface area contributed by atoms with E-state index in [-0.39, 0.29) is 11.0 Å². The first-order valence-corrected chi connectivity index (χ1v) is 10.3. The number of carbonyl (C=O) groups is 1. The second-order valence-corrected chi connectivity index (χ2v) is 7.56. The van der Waals surface area contributed by atoms with E-state index in [1.807, 2.05) is 43.3 Å². The van der Waals surface area contributed by atoms with Crippen LogP contribution in [0.4, 0.5) is 5.69 Å². The summed E-state index contributed by atoms with van der Waals surface area (Å²) in [5.41, 5.74) is 2.40. The van der Waals surface area contributed by atoms with Crippen molar-refractivity contribution in [2.75, 3.05) is 11.9 Å². The van der Waals surface area contributed by atoms with Gasteiger partial charge in [-0.2, -0.15) is 0 Å². The monoisotopic (exact) mass is 448 g/mol. The summed E-state index contributed by atoms with van der Waals surface area (Å²) in [6.07, 6.45) is 4.48. The first kappa shape index (κ1) is 21.4. The maximum absolute atomic E-state index is 12.6. The number of rotatable bonds is 8. The minimum Gasteiger partial charge on any atom is -0.493 e. The first-order valence-electron chi connectivity index (χ1n) is 9.11. The number of aryl methyl sites for hydroxylation is 1. The van der Waals surface area contributed by atoms with Gasteiger partial charge in [-0.3, -0.25) is 10.1 Å². The molecule has 0 unspecified atom stereocenters. The van der Waals surface area contributed by atoms with E-state index >= 15 is 0 Å². The maximum Gasteiger partial charge on any atom is 0.261 e. The van der Waals surface area contributed by atoms with Gasteiger partial charge >= 0.3 is 0 Å².